The number of aryl methyl sites for hydroxylation is 1. The lowest BCUT2D eigenvalue weighted by Gasteiger charge is -2.20. The first-order valence-electron chi connectivity index (χ1n) is 6.94. The van der Waals surface area contributed by atoms with Gasteiger partial charge in [0.05, 0.1) is 23.1 Å². The summed E-state index contributed by atoms with van der Waals surface area (Å²) in [6.45, 7) is 1.64. The maximum Gasteiger partial charge on any atom is 0.251 e. The van der Waals surface area contributed by atoms with Gasteiger partial charge >= 0.3 is 0 Å². The number of nitrogens with one attached hydrogen (secondary N) is 1. The summed E-state index contributed by atoms with van der Waals surface area (Å²) in [5.41, 5.74) is 0.824. The molecule has 2 fully saturated rings. The second-order valence-corrected chi connectivity index (χ2v) is 7.24. The molecule has 1 aromatic carbocycles. The molecular weight excluding hydrogens is 292 g/mol. The summed E-state index contributed by atoms with van der Waals surface area (Å²) < 4.78 is 28.7. The molecule has 2 aliphatic rings. The van der Waals surface area contributed by atoms with Crippen LogP contribution >= 0.6 is 0 Å². The molecule has 0 aliphatic carbocycles. The van der Waals surface area contributed by atoms with Crippen LogP contribution in [0.5, 0.6) is 0 Å². The van der Waals surface area contributed by atoms with Gasteiger partial charge in [-0.05, 0) is 43.9 Å². The summed E-state index contributed by atoms with van der Waals surface area (Å²) in [7, 11) is -3.83. The van der Waals surface area contributed by atoms with E-state index in [9.17, 15) is 13.2 Å². The fraction of sp³-hybridized carbons (Fsp3) is 0.500. The first kappa shape index (κ1) is 14.5. The Labute approximate surface area is 123 Å². The van der Waals surface area contributed by atoms with Crippen molar-refractivity contribution in [3.8, 4) is 0 Å². The fourth-order valence-electron chi connectivity index (χ4n) is 3.09. The summed E-state index contributed by atoms with van der Waals surface area (Å²) in [4.78, 5) is 12.3. The highest BCUT2D eigenvalue weighted by Gasteiger charge is 2.41. The minimum absolute atomic E-state index is 0.00971. The normalized spacial score (nSPS) is 27.8. The number of carbonyl (C=O) groups is 1. The lowest BCUT2D eigenvalue weighted by atomic mass is 9.95. The minimum atomic E-state index is -3.83. The number of hydrogen-bond acceptors (Lipinski definition) is 4. The van der Waals surface area contributed by atoms with Crippen LogP contribution in [0.4, 0.5) is 0 Å². The number of nitrogens with two attached hydrogens (primary N) is 1. The van der Waals surface area contributed by atoms with Crippen molar-refractivity contribution in [2.75, 3.05) is 0 Å². The summed E-state index contributed by atoms with van der Waals surface area (Å²) >= 11 is 0. The molecule has 2 aliphatic heterocycles. The smallest absolute Gasteiger partial charge is 0.251 e. The van der Waals surface area contributed by atoms with Gasteiger partial charge in [0.25, 0.3) is 5.91 Å². The summed E-state index contributed by atoms with van der Waals surface area (Å²) in [6, 6.07) is 4.53. The van der Waals surface area contributed by atoms with Crippen molar-refractivity contribution >= 4 is 15.9 Å². The first-order chi connectivity index (χ1) is 9.84. The predicted molar refractivity (Wildman–Crippen MR) is 76.3 cm³/mol. The van der Waals surface area contributed by atoms with Gasteiger partial charge in [0.1, 0.15) is 0 Å². The van der Waals surface area contributed by atoms with Gasteiger partial charge in [-0.1, -0.05) is 6.07 Å². The van der Waals surface area contributed by atoms with Gasteiger partial charge in [0.15, 0.2) is 0 Å². The Morgan fingerprint density at radius 2 is 2.14 bits per heavy atom. The van der Waals surface area contributed by atoms with E-state index in [1.807, 2.05) is 0 Å². The number of carbonyl (C=O) groups excluding carboxylic acids is 1. The summed E-state index contributed by atoms with van der Waals surface area (Å²) in [6.07, 6.45) is 3.17. The van der Waals surface area contributed by atoms with Gasteiger partial charge in [-0.2, -0.15) is 0 Å². The third-order valence-electron chi connectivity index (χ3n) is 4.18. The van der Waals surface area contributed by atoms with E-state index < -0.39 is 10.0 Å². The highest BCUT2D eigenvalue weighted by atomic mass is 32.2. The van der Waals surface area contributed by atoms with Crippen molar-refractivity contribution in [3.05, 3.63) is 29.3 Å². The van der Waals surface area contributed by atoms with Crippen LogP contribution in [0.2, 0.25) is 0 Å². The molecule has 1 amide bonds. The van der Waals surface area contributed by atoms with Crippen molar-refractivity contribution in [2.24, 2.45) is 5.14 Å². The average molecular weight is 310 g/mol. The minimum Gasteiger partial charge on any atom is -0.373 e. The van der Waals surface area contributed by atoms with Gasteiger partial charge in [-0.15, -0.1) is 0 Å². The molecular formula is C14H18N2O4S. The Balaban J connectivity index is 1.79. The van der Waals surface area contributed by atoms with Crippen molar-refractivity contribution in [1.29, 1.82) is 0 Å². The molecule has 0 aromatic heterocycles. The van der Waals surface area contributed by atoms with Crippen LogP contribution in [0.3, 0.4) is 0 Å². The zero-order valence-electron chi connectivity index (χ0n) is 11.7. The summed E-state index contributed by atoms with van der Waals surface area (Å²) in [5.74, 6) is -0.291. The molecule has 0 saturated carbocycles. The van der Waals surface area contributed by atoms with Gasteiger partial charge in [0.2, 0.25) is 10.0 Å². The van der Waals surface area contributed by atoms with Gasteiger partial charge in [-0.25, -0.2) is 13.6 Å². The third-order valence-corrected chi connectivity index (χ3v) is 5.23. The molecule has 2 bridgehead atoms. The fourth-order valence-corrected chi connectivity index (χ4v) is 3.90. The SMILES string of the molecule is Cc1ccc(C(=O)NC2CC3CCC2O3)cc1S(N)(=O)=O. The van der Waals surface area contributed by atoms with E-state index in [0.717, 1.165) is 19.3 Å². The molecule has 21 heavy (non-hydrogen) atoms. The van der Waals surface area contributed by atoms with Crippen LogP contribution in [-0.2, 0) is 14.8 Å². The van der Waals surface area contributed by atoms with E-state index in [1.54, 1.807) is 19.1 Å². The largest absolute Gasteiger partial charge is 0.373 e. The average Bonchev–Trinajstić information content (AvgIpc) is 3.00. The Bertz CT molecular complexity index is 686. The number of benzene rings is 1. The van der Waals surface area contributed by atoms with E-state index in [-0.39, 0.29) is 29.1 Å². The number of fused-ring (bicyclic) bond motifs is 2. The van der Waals surface area contributed by atoms with E-state index in [1.165, 1.54) is 6.07 Å². The maximum atomic E-state index is 12.3. The van der Waals surface area contributed by atoms with Crippen LogP contribution in [0.1, 0.15) is 35.2 Å². The number of hydrogen-bond donors (Lipinski definition) is 2. The quantitative estimate of drug-likeness (QED) is 0.858. The van der Waals surface area contributed by atoms with Crippen LogP contribution in [0.15, 0.2) is 23.1 Å². The second-order valence-electron chi connectivity index (χ2n) is 5.71. The second kappa shape index (κ2) is 5.08. The number of primary sulfonamides is 1. The molecule has 2 heterocycles. The number of ether oxygens (including phenoxy) is 1. The summed E-state index contributed by atoms with van der Waals surface area (Å²) in [5, 5.41) is 8.09. The van der Waals surface area contributed by atoms with Gasteiger partial charge < -0.3 is 10.1 Å². The van der Waals surface area contributed by atoms with Crippen molar-refractivity contribution in [3.63, 3.8) is 0 Å². The van der Waals surface area contributed by atoms with Crippen molar-refractivity contribution in [2.45, 2.75) is 49.3 Å². The predicted octanol–water partition coefficient (Wildman–Crippen LogP) is 0.692. The number of rotatable bonds is 3. The molecule has 2 saturated heterocycles. The number of sulfonamides is 1. The maximum absolute atomic E-state index is 12.3. The standard InChI is InChI=1S/C14H18N2O4S/c1-8-2-3-9(6-13(8)21(15,18)19)14(17)16-11-7-10-4-5-12(11)20-10/h2-3,6,10-12H,4-5,7H2,1H3,(H,16,17)(H2,15,18,19). The molecule has 3 rings (SSSR count). The Kier molecular flexibility index (Phi) is 3.51. The molecule has 6 nitrogen and oxygen atoms in total. The molecule has 3 atom stereocenters. The highest BCUT2D eigenvalue weighted by Crippen LogP contribution is 2.34. The van der Waals surface area contributed by atoms with E-state index in [4.69, 9.17) is 9.88 Å². The van der Waals surface area contributed by atoms with E-state index in [0.29, 0.717) is 11.1 Å². The van der Waals surface area contributed by atoms with Crippen LogP contribution < -0.4 is 10.5 Å². The molecule has 0 radical (unpaired) electrons. The molecule has 0 spiro atoms. The molecule has 3 N–H and O–H groups in total. The van der Waals surface area contributed by atoms with Gasteiger partial charge in [0, 0.05) is 5.56 Å². The molecule has 1 aromatic rings. The molecule has 3 unspecified atom stereocenters. The zero-order chi connectivity index (χ0) is 15.2. The van der Waals surface area contributed by atoms with Crippen molar-refractivity contribution < 1.29 is 17.9 Å². The Morgan fingerprint density at radius 3 is 2.71 bits per heavy atom. The molecule has 114 valence electrons. The highest BCUT2D eigenvalue weighted by molar-refractivity contribution is 7.89. The first-order valence-corrected chi connectivity index (χ1v) is 8.49. The Hall–Kier alpha value is -1.44. The monoisotopic (exact) mass is 310 g/mol. The van der Waals surface area contributed by atoms with Crippen LogP contribution in [0.25, 0.3) is 0 Å². The third kappa shape index (κ3) is 2.81. The van der Waals surface area contributed by atoms with E-state index in [2.05, 4.69) is 5.32 Å². The topological polar surface area (TPSA) is 98.5 Å². The van der Waals surface area contributed by atoms with E-state index >= 15 is 0 Å². The van der Waals surface area contributed by atoms with Crippen LogP contribution in [0, 0.1) is 6.92 Å². The van der Waals surface area contributed by atoms with Crippen molar-refractivity contribution in [1.82, 2.24) is 5.32 Å². The number of amides is 1. The zero-order valence-corrected chi connectivity index (χ0v) is 12.5. The lowest BCUT2D eigenvalue weighted by molar-refractivity contribution is 0.0840. The van der Waals surface area contributed by atoms with Crippen LogP contribution in [-0.4, -0.2) is 32.6 Å². The molecule has 7 heteroatoms. The lowest BCUT2D eigenvalue weighted by Crippen LogP contribution is -2.41. The van der Waals surface area contributed by atoms with Gasteiger partial charge in [-0.3, -0.25) is 4.79 Å². The Morgan fingerprint density at radius 1 is 1.38 bits per heavy atom.